The monoisotopic (exact) mass is 225 g/mol. The van der Waals surface area contributed by atoms with Crippen molar-refractivity contribution in [2.45, 2.75) is 19.8 Å². The van der Waals surface area contributed by atoms with Crippen LogP contribution in [0.5, 0.6) is 5.88 Å². The maximum Gasteiger partial charge on any atom is 0.218 e. The normalized spacial score (nSPS) is 10.2. The van der Waals surface area contributed by atoms with Crippen molar-refractivity contribution >= 4 is 5.82 Å². The molecule has 0 aliphatic rings. The molecule has 0 aliphatic carbocycles. The highest BCUT2D eigenvalue weighted by Gasteiger charge is 2.03. The van der Waals surface area contributed by atoms with E-state index in [1.807, 2.05) is 0 Å². The lowest BCUT2D eigenvalue weighted by Crippen LogP contribution is -2.10. The summed E-state index contributed by atoms with van der Waals surface area (Å²) in [6, 6.07) is 1.79. The quantitative estimate of drug-likeness (QED) is 0.713. The van der Waals surface area contributed by atoms with Crippen molar-refractivity contribution in [2.75, 3.05) is 32.7 Å². The second kappa shape index (κ2) is 7.00. The van der Waals surface area contributed by atoms with Gasteiger partial charge < -0.3 is 14.8 Å². The molecule has 5 nitrogen and oxygen atoms in total. The van der Waals surface area contributed by atoms with Gasteiger partial charge in [-0.2, -0.15) is 4.98 Å². The largest absolute Gasteiger partial charge is 0.481 e. The Labute approximate surface area is 96.2 Å². The predicted molar refractivity (Wildman–Crippen MR) is 62.9 cm³/mol. The molecule has 0 aliphatic heterocycles. The molecular formula is C11H19N3O2. The van der Waals surface area contributed by atoms with E-state index in [-0.39, 0.29) is 0 Å². The van der Waals surface area contributed by atoms with Gasteiger partial charge in [0.05, 0.1) is 13.7 Å². The number of nitrogens with zero attached hydrogens (tertiary/aromatic N) is 2. The van der Waals surface area contributed by atoms with Crippen LogP contribution in [0.4, 0.5) is 5.82 Å². The van der Waals surface area contributed by atoms with E-state index in [1.165, 1.54) is 0 Å². The molecular weight excluding hydrogens is 206 g/mol. The van der Waals surface area contributed by atoms with Crippen LogP contribution in [0.1, 0.15) is 19.2 Å². The standard InChI is InChI=1S/C11H19N3O2/c1-4-5-9-13-10(12-6-7-15-2)8-11(14-9)16-3/h8H,4-7H2,1-3H3,(H,12,13,14). The molecule has 1 rings (SSSR count). The van der Waals surface area contributed by atoms with E-state index < -0.39 is 0 Å². The molecule has 0 saturated heterocycles. The van der Waals surface area contributed by atoms with Crippen LogP contribution in [-0.2, 0) is 11.2 Å². The van der Waals surface area contributed by atoms with Crippen molar-refractivity contribution in [1.29, 1.82) is 0 Å². The molecule has 0 fully saturated rings. The van der Waals surface area contributed by atoms with E-state index >= 15 is 0 Å². The van der Waals surface area contributed by atoms with Gasteiger partial charge in [-0.25, -0.2) is 4.98 Å². The summed E-state index contributed by atoms with van der Waals surface area (Å²) in [5, 5.41) is 3.16. The van der Waals surface area contributed by atoms with E-state index in [2.05, 4.69) is 22.2 Å². The first-order valence-electron chi connectivity index (χ1n) is 5.45. The highest BCUT2D eigenvalue weighted by atomic mass is 16.5. The van der Waals surface area contributed by atoms with Gasteiger partial charge in [0.25, 0.3) is 0 Å². The Morgan fingerprint density at radius 2 is 2.12 bits per heavy atom. The molecule has 1 N–H and O–H groups in total. The second-order valence-corrected chi connectivity index (χ2v) is 3.38. The summed E-state index contributed by atoms with van der Waals surface area (Å²) in [7, 11) is 3.28. The van der Waals surface area contributed by atoms with Gasteiger partial charge in [-0.3, -0.25) is 0 Å². The van der Waals surface area contributed by atoms with E-state index in [0.29, 0.717) is 12.5 Å². The average molecular weight is 225 g/mol. The summed E-state index contributed by atoms with van der Waals surface area (Å²) < 4.78 is 10.1. The van der Waals surface area contributed by atoms with Crippen LogP contribution < -0.4 is 10.1 Å². The number of hydrogen-bond acceptors (Lipinski definition) is 5. The summed E-state index contributed by atoms with van der Waals surface area (Å²) >= 11 is 0. The lowest BCUT2D eigenvalue weighted by Gasteiger charge is -2.08. The smallest absolute Gasteiger partial charge is 0.218 e. The molecule has 0 radical (unpaired) electrons. The zero-order chi connectivity index (χ0) is 11.8. The maximum absolute atomic E-state index is 5.13. The Hall–Kier alpha value is -1.36. The third kappa shape index (κ3) is 4.02. The van der Waals surface area contributed by atoms with Crippen molar-refractivity contribution in [3.63, 3.8) is 0 Å². The van der Waals surface area contributed by atoms with Crippen LogP contribution in [0.15, 0.2) is 6.07 Å². The summed E-state index contributed by atoms with van der Waals surface area (Å²) in [5.41, 5.74) is 0. The highest BCUT2D eigenvalue weighted by molar-refractivity contribution is 5.38. The van der Waals surface area contributed by atoms with Gasteiger partial charge >= 0.3 is 0 Å². The molecule has 1 heterocycles. The van der Waals surface area contributed by atoms with Gasteiger partial charge in [0.1, 0.15) is 11.6 Å². The first-order chi connectivity index (χ1) is 7.80. The van der Waals surface area contributed by atoms with E-state index in [0.717, 1.165) is 31.0 Å². The summed E-state index contributed by atoms with van der Waals surface area (Å²) in [6.45, 7) is 3.47. The Morgan fingerprint density at radius 3 is 2.75 bits per heavy atom. The van der Waals surface area contributed by atoms with E-state index in [4.69, 9.17) is 9.47 Å². The molecule has 90 valence electrons. The SMILES string of the molecule is CCCc1nc(NCCOC)cc(OC)n1. The molecule has 16 heavy (non-hydrogen) atoms. The first kappa shape index (κ1) is 12.7. The average Bonchev–Trinajstić information content (AvgIpc) is 2.29. The van der Waals surface area contributed by atoms with Gasteiger partial charge in [-0.05, 0) is 6.42 Å². The fourth-order valence-electron chi connectivity index (χ4n) is 1.28. The Bertz CT molecular complexity index is 318. The Balaban J connectivity index is 2.69. The first-order valence-corrected chi connectivity index (χ1v) is 5.45. The maximum atomic E-state index is 5.13. The third-order valence-electron chi connectivity index (χ3n) is 2.04. The number of nitrogens with one attached hydrogen (secondary N) is 1. The molecule has 0 saturated carbocycles. The zero-order valence-electron chi connectivity index (χ0n) is 10.1. The molecule has 0 spiro atoms. The molecule has 1 aromatic rings. The third-order valence-corrected chi connectivity index (χ3v) is 2.04. The molecule has 5 heteroatoms. The Kier molecular flexibility index (Phi) is 5.56. The van der Waals surface area contributed by atoms with E-state index in [9.17, 15) is 0 Å². The minimum Gasteiger partial charge on any atom is -0.481 e. The lowest BCUT2D eigenvalue weighted by atomic mass is 10.3. The van der Waals surface area contributed by atoms with Crippen LogP contribution in [0.25, 0.3) is 0 Å². The highest BCUT2D eigenvalue weighted by Crippen LogP contribution is 2.13. The fourth-order valence-corrected chi connectivity index (χ4v) is 1.28. The molecule has 0 unspecified atom stereocenters. The predicted octanol–water partition coefficient (Wildman–Crippen LogP) is 1.50. The van der Waals surface area contributed by atoms with Crippen molar-refractivity contribution in [3.05, 3.63) is 11.9 Å². The number of ether oxygens (including phenoxy) is 2. The topological polar surface area (TPSA) is 56.3 Å². The number of rotatable bonds is 7. The van der Waals surface area contributed by atoms with Crippen molar-refractivity contribution < 1.29 is 9.47 Å². The van der Waals surface area contributed by atoms with Crippen LogP contribution in [-0.4, -0.2) is 37.3 Å². The van der Waals surface area contributed by atoms with Crippen LogP contribution in [0, 0.1) is 0 Å². The summed E-state index contributed by atoms with van der Waals surface area (Å²) in [6.07, 6.45) is 1.88. The van der Waals surface area contributed by atoms with Crippen molar-refractivity contribution in [1.82, 2.24) is 9.97 Å². The van der Waals surface area contributed by atoms with E-state index in [1.54, 1.807) is 20.3 Å². The van der Waals surface area contributed by atoms with Crippen molar-refractivity contribution in [3.8, 4) is 5.88 Å². The number of hydrogen-bond donors (Lipinski definition) is 1. The molecule has 0 bridgehead atoms. The summed E-state index contributed by atoms with van der Waals surface area (Å²) in [5.74, 6) is 2.19. The second-order valence-electron chi connectivity index (χ2n) is 3.38. The fraction of sp³-hybridized carbons (Fsp3) is 0.636. The lowest BCUT2D eigenvalue weighted by molar-refractivity contribution is 0.210. The van der Waals surface area contributed by atoms with Gasteiger partial charge in [0.15, 0.2) is 0 Å². The molecule has 1 aromatic heterocycles. The zero-order valence-corrected chi connectivity index (χ0v) is 10.1. The van der Waals surface area contributed by atoms with Gasteiger partial charge in [-0.1, -0.05) is 6.92 Å². The van der Waals surface area contributed by atoms with Crippen LogP contribution >= 0.6 is 0 Å². The van der Waals surface area contributed by atoms with Crippen molar-refractivity contribution in [2.24, 2.45) is 0 Å². The van der Waals surface area contributed by atoms with Crippen LogP contribution in [0.2, 0.25) is 0 Å². The number of aryl methyl sites for hydroxylation is 1. The number of aromatic nitrogens is 2. The molecule has 0 aromatic carbocycles. The minimum absolute atomic E-state index is 0.596. The summed E-state index contributed by atoms with van der Waals surface area (Å²) in [4.78, 5) is 8.65. The number of methoxy groups -OCH3 is 2. The van der Waals surface area contributed by atoms with Crippen LogP contribution in [0.3, 0.4) is 0 Å². The molecule has 0 atom stereocenters. The Morgan fingerprint density at radius 1 is 1.31 bits per heavy atom. The van der Waals surface area contributed by atoms with Gasteiger partial charge in [-0.15, -0.1) is 0 Å². The molecule has 0 amide bonds. The van der Waals surface area contributed by atoms with Gasteiger partial charge in [0, 0.05) is 26.1 Å². The van der Waals surface area contributed by atoms with Gasteiger partial charge in [0.2, 0.25) is 5.88 Å². The minimum atomic E-state index is 0.596. The number of anilines is 1.